The van der Waals surface area contributed by atoms with Crippen molar-refractivity contribution in [3.8, 4) is 22.8 Å². The smallest absolute Gasteiger partial charge is 0.293 e. The first-order valence-corrected chi connectivity index (χ1v) is 9.01. The van der Waals surface area contributed by atoms with Gasteiger partial charge in [-0.3, -0.25) is 15.1 Å². The summed E-state index contributed by atoms with van der Waals surface area (Å²) in [5, 5.41) is 18.6. The zero-order valence-electron chi connectivity index (χ0n) is 15.4. The summed E-state index contributed by atoms with van der Waals surface area (Å²) >= 11 is 0. The summed E-state index contributed by atoms with van der Waals surface area (Å²) in [6.45, 7) is 0.582. The van der Waals surface area contributed by atoms with Crippen LogP contribution in [0.25, 0.3) is 22.8 Å². The van der Waals surface area contributed by atoms with Crippen molar-refractivity contribution < 1.29 is 9.45 Å². The molecule has 29 heavy (non-hydrogen) atoms. The lowest BCUT2D eigenvalue weighted by atomic mass is 10.1. The van der Waals surface area contributed by atoms with E-state index in [4.69, 9.17) is 4.52 Å². The number of hydrogen-bond donors (Lipinski definition) is 1. The van der Waals surface area contributed by atoms with E-state index in [1.807, 2.05) is 30.3 Å². The molecule has 2 aromatic heterocycles. The Morgan fingerprint density at radius 2 is 1.79 bits per heavy atom. The molecule has 4 aromatic rings. The predicted octanol–water partition coefficient (Wildman–Crippen LogP) is 4.36. The predicted molar refractivity (Wildman–Crippen MR) is 108 cm³/mol. The Morgan fingerprint density at radius 3 is 2.55 bits per heavy atom. The molecule has 0 fully saturated rings. The highest BCUT2D eigenvalue weighted by molar-refractivity contribution is 5.71. The van der Waals surface area contributed by atoms with Crippen molar-refractivity contribution in [3.05, 3.63) is 88.7 Å². The number of aromatic nitrogens is 3. The summed E-state index contributed by atoms with van der Waals surface area (Å²) in [5.41, 5.74) is 2.81. The molecule has 2 aromatic carbocycles. The monoisotopic (exact) mass is 387 g/mol. The molecule has 0 aliphatic rings. The summed E-state index contributed by atoms with van der Waals surface area (Å²) in [6.07, 6.45) is 4.01. The van der Waals surface area contributed by atoms with Gasteiger partial charge in [-0.2, -0.15) is 4.98 Å². The number of hydrogen-bond acceptors (Lipinski definition) is 7. The fraction of sp³-hybridized carbons (Fsp3) is 0.0952. The normalized spacial score (nSPS) is 10.6. The number of benzene rings is 2. The van der Waals surface area contributed by atoms with E-state index in [0.717, 1.165) is 17.5 Å². The summed E-state index contributed by atoms with van der Waals surface area (Å²) in [5.74, 6) is 0.617. The zero-order valence-corrected chi connectivity index (χ0v) is 15.4. The molecule has 0 saturated carbocycles. The van der Waals surface area contributed by atoms with Crippen molar-refractivity contribution in [1.29, 1.82) is 0 Å². The number of nitrogens with zero attached hydrogens (tertiary/aromatic N) is 4. The summed E-state index contributed by atoms with van der Waals surface area (Å²) in [6, 6.07) is 18.3. The Kier molecular flexibility index (Phi) is 5.24. The van der Waals surface area contributed by atoms with E-state index in [0.29, 0.717) is 23.7 Å². The van der Waals surface area contributed by atoms with E-state index in [2.05, 4.69) is 20.4 Å². The molecule has 8 nitrogen and oxygen atoms in total. The van der Waals surface area contributed by atoms with Gasteiger partial charge in [0, 0.05) is 36.1 Å². The van der Waals surface area contributed by atoms with E-state index in [1.54, 1.807) is 36.7 Å². The minimum Gasteiger partial charge on any atom is -0.379 e. The Labute approximate surface area is 166 Å². The van der Waals surface area contributed by atoms with Crippen molar-refractivity contribution in [2.75, 3.05) is 11.9 Å². The van der Waals surface area contributed by atoms with Gasteiger partial charge in [-0.15, -0.1) is 0 Å². The van der Waals surface area contributed by atoms with Crippen LogP contribution in [0.1, 0.15) is 5.56 Å². The molecule has 4 rings (SSSR count). The van der Waals surface area contributed by atoms with Crippen LogP contribution in [-0.4, -0.2) is 26.6 Å². The largest absolute Gasteiger partial charge is 0.379 e. The fourth-order valence-electron chi connectivity index (χ4n) is 2.91. The van der Waals surface area contributed by atoms with E-state index in [1.165, 1.54) is 6.07 Å². The van der Waals surface area contributed by atoms with Crippen LogP contribution in [0.4, 0.5) is 11.4 Å². The highest BCUT2D eigenvalue weighted by atomic mass is 16.6. The van der Waals surface area contributed by atoms with Gasteiger partial charge in [-0.25, -0.2) is 0 Å². The van der Waals surface area contributed by atoms with Crippen LogP contribution in [0.15, 0.2) is 77.6 Å². The standard InChI is InChI=1S/C21H17N5O3/c27-26(28)19-14-17(20-24-21(29-25-20)16-9-11-22-12-10-16)6-7-18(19)23-13-8-15-4-2-1-3-5-15/h1-7,9-12,14,23H,8,13H2. The van der Waals surface area contributed by atoms with E-state index in [9.17, 15) is 10.1 Å². The molecular formula is C21H17N5O3. The Balaban J connectivity index is 1.53. The second-order valence-corrected chi connectivity index (χ2v) is 6.31. The second kappa shape index (κ2) is 8.30. The molecule has 0 aliphatic heterocycles. The third-order valence-corrected chi connectivity index (χ3v) is 4.38. The number of nitro benzene ring substituents is 1. The van der Waals surface area contributed by atoms with Crippen LogP contribution >= 0.6 is 0 Å². The maximum Gasteiger partial charge on any atom is 0.293 e. The minimum atomic E-state index is -0.418. The van der Waals surface area contributed by atoms with Crippen molar-refractivity contribution >= 4 is 11.4 Å². The van der Waals surface area contributed by atoms with Gasteiger partial charge in [0.15, 0.2) is 0 Å². The van der Waals surface area contributed by atoms with Crippen LogP contribution in [0.3, 0.4) is 0 Å². The number of nitrogens with one attached hydrogen (secondary N) is 1. The van der Waals surface area contributed by atoms with Crippen molar-refractivity contribution in [2.24, 2.45) is 0 Å². The molecule has 1 N–H and O–H groups in total. The summed E-state index contributed by atoms with van der Waals surface area (Å²) in [4.78, 5) is 19.4. The highest BCUT2D eigenvalue weighted by Crippen LogP contribution is 2.30. The van der Waals surface area contributed by atoms with Crippen LogP contribution in [0, 0.1) is 10.1 Å². The lowest BCUT2D eigenvalue weighted by molar-refractivity contribution is -0.383. The van der Waals surface area contributed by atoms with Gasteiger partial charge in [0.2, 0.25) is 5.82 Å². The molecule has 0 saturated heterocycles. The molecule has 0 amide bonds. The van der Waals surface area contributed by atoms with Crippen molar-refractivity contribution in [2.45, 2.75) is 6.42 Å². The van der Waals surface area contributed by atoms with Gasteiger partial charge < -0.3 is 9.84 Å². The quantitative estimate of drug-likeness (QED) is 0.371. The Bertz CT molecular complexity index is 1110. The van der Waals surface area contributed by atoms with Gasteiger partial charge in [0.1, 0.15) is 5.69 Å². The van der Waals surface area contributed by atoms with Gasteiger partial charge in [-0.05, 0) is 36.2 Å². The maximum absolute atomic E-state index is 11.6. The highest BCUT2D eigenvalue weighted by Gasteiger charge is 2.18. The van der Waals surface area contributed by atoms with Crippen molar-refractivity contribution in [3.63, 3.8) is 0 Å². The number of nitro groups is 1. The average Bonchev–Trinajstić information content (AvgIpc) is 3.25. The molecule has 144 valence electrons. The first kappa shape index (κ1) is 18.3. The van der Waals surface area contributed by atoms with Crippen LogP contribution < -0.4 is 5.32 Å². The average molecular weight is 387 g/mol. The number of anilines is 1. The third kappa shape index (κ3) is 4.27. The molecule has 0 atom stereocenters. The molecule has 0 spiro atoms. The van der Waals surface area contributed by atoms with Crippen LogP contribution in [0.2, 0.25) is 0 Å². The first-order valence-electron chi connectivity index (χ1n) is 9.01. The molecule has 2 heterocycles. The molecule has 8 heteroatoms. The van der Waals surface area contributed by atoms with Gasteiger partial charge in [0.05, 0.1) is 4.92 Å². The SMILES string of the molecule is O=[N+]([O-])c1cc(-c2noc(-c3ccncc3)n2)ccc1NCCc1ccccc1. The lowest BCUT2D eigenvalue weighted by Gasteiger charge is -2.08. The molecule has 0 radical (unpaired) electrons. The Hall–Kier alpha value is -4.07. The molecular weight excluding hydrogens is 370 g/mol. The van der Waals surface area contributed by atoms with Crippen molar-refractivity contribution in [1.82, 2.24) is 15.1 Å². The summed E-state index contributed by atoms with van der Waals surface area (Å²) < 4.78 is 5.28. The Morgan fingerprint density at radius 1 is 1.00 bits per heavy atom. The van der Waals surface area contributed by atoms with Crippen LogP contribution in [0.5, 0.6) is 0 Å². The molecule has 0 bridgehead atoms. The number of pyridine rings is 1. The maximum atomic E-state index is 11.6. The second-order valence-electron chi connectivity index (χ2n) is 6.31. The van der Waals surface area contributed by atoms with Gasteiger partial charge in [-0.1, -0.05) is 35.5 Å². The van der Waals surface area contributed by atoms with E-state index in [-0.39, 0.29) is 11.5 Å². The van der Waals surface area contributed by atoms with E-state index < -0.39 is 4.92 Å². The van der Waals surface area contributed by atoms with Gasteiger partial charge in [0.25, 0.3) is 11.6 Å². The van der Waals surface area contributed by atoms with E-state index >= 15 is 0 Å². The molecule has 0 aliphatic carbocycles. The minimum absolute atomic E-state index is 0.0363. The lowest BCUT2D eigenvalue weighted by Crippen LogP contribution is -2.07. The zero-order chi connectivity index (χ0) is 20.1. The van der Waals surface area contributed by atoms with Gasteiger partial charge >= 0.3 is 0 Å². The third-order valence-electron chi connectivity index (χ3n) is 4.38. The fourth-order valence-corrected chi connectivity index (χ4v) is 2.91. The molecule has 0 unspecified atom stereocenters. The number of rotatable bonds is 7. The van der Waals surface area contributed by atoms with Crippen LogP contribution in [-0.2, 0) is 6.42 Å². The first-order chi connectivity index (χ1) is 14.2. The summed E-state index contributed by atoms with van der Waals surface area (Å²) in [7, 11) is 0. The topological polar surface area (TPSA) is 107 Å².